The highest BCUT2D eigenvalue weighted by molar-refractivity contribution is 6.00. The van der Waals surface area contributed by atoms with Crippen molar-refractivity contribution >= 4 is 22.9 Å². The molecule has 1 saturated heterocycles. The summed E-state index contributed by atoms with van der Waals surface area (Å²) in [5.74, 6) is -0.249. The van der Waals surface area contributed by atoms with Crippen LogP contribution in [0.1, 0.15) is 35.0 Å². The van der Waals surface area contributed by atoms with Gasteiger partial charge in [0.25, 0.3) is 5.91 Å². The Morgan fingerprint density at radius 2 is 2.00 bits per heavy atom. The summed E-state index contributed by atoms with van der Waals surface area (Å²) in [5, 5.41) is 9.48. The molecule has 2 heterocycles. The van der Waals surface area contributed by atoms with Gasteiger partial charge in [0, 0.05) is 24.2 Å². The largest absolute Gasteiger partial charge is 0.389 e. The molecule has 1 atom stereocenters. The van der Waals surface area contributed by atoms with Crippen LogP contribution in [0.5, 0.6) is 0 Å². The Bertz CT molecular complexity index is 978. The minimum atomic E-state index is -0.465. The fourth-order valence-corrected chi connectivity index (χ4v) is 3.66. The lowest BCUT2D eigenvalue weighted by molar-refractivity contribution is 0.00587. The Morgan fingerprint density at radius 1 is 1.25 bits per heavy atom. The number of anilines is 1. The van der Waals surface area contributed by atoms with Crippen LogP contribution < -0.4 is 5.73 Å². The minimum Gasteiger partial charge on any atom is -0.389 e. The molecule has 1 aromatic carbocycles. The highest BCUT2D eigenvalue weighted by Crippen LogP contribution is 2.40. The van der Waals surface area contributed by atoms with Crippen molar-refractivity contribution in [3.8, 4) is 0 Å². The molecule has 1 fully saturated rings. The average molecular weight is 380 g/mol. The Kier molecular flexibility index (Phi) is 4.68. The molecule has 0 spiro atoms. The third-order valence-corrected chi connectivity index (χ3v) is 5.21. The molecule has 1 aliphatic carbocycles. The van der Waals surface area contributed by atoms with E-state index in [1.54, 1.807) is 17.0 Å². The maximum absolute atomic E-state index is 14.9. The van der Waals surface area contributed by atoms with E-state index in [0.29, 0.717) is 36.3 Å². The predicted octanol–water partition coefficient (Wildman–Crippen LogP) is 2.68. The van der Waals surface area contributed by atoms with Crippen LogP contribution in [0.2, 0.25) is 0 Å². The Hall–Kier alpha value is -3.06. The van der Waals surface area contributed by atoms with Gasteiger partial charge in [-0.05, 0) is 35.6 Å². The molecule has 28 heavy (non-hydrogen) atoms. The molecule has 0 bridgehead atoms. The second-order valence-electron chi connectivity index (χ2n) is 7.27. The van der Waals surface area contributed by atoms with E-state index >= 15 is 0 Å². The van der Waals surface area contributed by atoms with E-state index < -0.39 is 6.10 Å². The number of β-amino-alcohol motifs (C(OH)–C–C–N with tert-alkyl or cyclic N) is 1. The molecule has 7 heteroatoms. The van der Waals surface area contributed by atoms with Crippen molar-refractivity contribution in [3.05, 3.63) is 65.4 Å². The lowest BCUT2D eigenvalue weighted by Gasteiger charge is -2.36. The number of benzene rings is 1. The first-order valence-electron chi connectivity index (χ1n) is 9.19. The van der Waals surface area contributed by atoms with Crippen molar-refractivity contribution in [2.45, 2.75) is 19.4 Å². The first kappa shape index (κ1) is 18.3. The number of carbonyl (C=O) groups excluding carboxylic acids is 1. The molecule has 1 aliphatic heterocycles. The molecule has 1 amide bonds. The van der Waals surface area contributed by atoms with Crippen LogP contribution in [-0.2, 0) is 0 Å². The number of aliphatic hydroxyl groups excluding tert-OH is 1. The number of hydrogen-bond acceptors (Lipinski definition) is 5. The van der Waals surface area contributed by atoms with Gasteiger partial charge < -0.3 is 15.7 Å². The van der Waals surface area contributed by atoms with Crippen LogP contribution in [0.15, 0.2) is 48.6 Å². The monoisotopic (exact) mass is 380 g/mol. The Morgan fingerprint density at radius 3 is 2.68 bits per heavy atom. The van der Waals surface area contributed by atoms with E-state index in [0.717, 1.165) is 11.1 Å². The van der Waals surface area contributed by atoms with Crippen molar-refractivity contribution in [2.24, 2.45) is 5.92 Å². The number of aromatic nitrogens is 2. The fraction of sp³-hybridized carbons (Fsp3) is 0.286. The Balaban J connectivity index is 1.71. The summed E-state index contributed by atoms with van der Waals surface area (Å²) in [6.07, 6.45) is 4.35. The summed E-state index contributed by atoms with van der Waals surface area (Å²) >= 11 is 0. The molecular formula is C21H21FN4O2. The fourth-order valence-electron chi connectivity index (χ4n) is 3.66. The molecule has 4 rings (SSSR count). The molecule has 2 aromatic rings. The Labute approximate surface area is 162 Å². The summed E-state index contributed by atoms with van der Waals surface area (Å²) < 4.78 is 14.9. The molecule has 6 nitrogen and oxygen atoms in total. The number of likely N-dealkylation sites (tertiary alicyclic amines) is 1. The topological polar surface area (TPSA) is 92.3 Å². The van der Waals surface area contributed by atoms with Crippen LogP contribution in [0.25, 0.3) is 11.1 Å². The van der Waals surface area contributed by atoms with E-state index in [1.807, 2.05) is 19.1 Å². The maximum atomic E-state index is 14.9. The average Bonchev–Trinajstić information content (AvgIpc) is 2.67. The summed E-state index contributed by atoms with van der Waals surface area (Å²) in [5.41, 5.74) is 8.53. The standard InChI is InChI=1S/C21H21FN4O2/c1-12-6-17(19-8-25-20(23)9-24-19)18(22)7-16(12)14-4-2-3-5-15(14)21(28)26-10-13(27)11-26/h2-5,7-9,12-13,27H,6,10-11H2,1H3,(H2,23,25). The first-order valence-corrected chi connectivity index (χ1v) is 9.19. The molecule has 3 N–H and O–H groups in total. The van der Waals surface area contributed by atoms with E-state index in [4.69, 9.17) is 5.73 Å². The summed E-state index contributed by atoms with van der Waals surface area (Å²) in [7, 11) is 0. The van der Waals surface area contributed by atoms with Gasteiger partial charge in [-0.15, -0.1) is 0 Å². The third-order valence-electron chi connectivity index (χ3n) is 5.21. The van der Waals surface area contributed by atoms with E-state index in [1.165, 1.54) is 18.5 Å². The van der Waals surface area contributed by atoms with Gasteiger partial charge in [0.1, 0.15) is 11.6 Å². The van der Waals surface area contributed by atoms with Crippen LogP contribution in [-0.4, -0.2) is 45.1 Å². The highest BCUT2D eigenvalue weighted by Gasteiger charge is 2.32. The number of aliphatic hydroxyl groups is 1. The van der Waals surface area contributed by atoms with E-state index in [9.17, 15) is 14.3 Å². The number of hydrogen-bond donors (Lipinski definition) is 2. The lowest BCUT2D eigenvalue weighted by atomic mass is 9.81. The van der Waals surface area contributed by atoms with Gasteiger partial charge in [0.15, 0.2) is 0 Å². The van der Waals surface area contributed by atoms with Crippen molar-refractivity contribution in [1.29, 1.82) is 0 Å². The zero-order valence-corrected chi connectivity index (χ0v) is 15.5. The number of halogens is 1. The SMILES string of the molecule is CC1CC(c2cnc(N)cn2)=C(F)C=C1c1ccccc1C(=O)N1CC(O)C1. The number of nitrogens with zero attached hydrogens (tertiary/aromatic N) is 3. The second-order valence-corrected chi connectivity index (χ2v) is 7.27. The van der Waals surface area contributed by atoms with Gasteiger partial charge in [0.2, 0.25) is 0 Å². The molecule has 0 radical (unpaired) electrons. The van der Waals surface area contributed by atoms with Crippen LogP contribution >= 0.6 is 0 Å². The van der Waals surface area contributed by atoms with E-state index in [2.05, 4.69) is 9.97 Å². The van der Waals surface area contributed by atoms with E-state index in [-0.39, 0.29) is 23.5 Å². The van der Waals surface area contributed by atoms with Crippen LogP contribution in [0.4, 0.5) is 10.2 Å². The zero-order chi connectivity index (χ0) is 19.8. The molecular weight excluding hydrogens is 359 g/mol. The summed E-state index contributed by atoms with van der Waals surface area (Å²) in [6.45, 7) is 2.66. The predicted molar refractivity (Wildman–Crippen MR) is 105 cm³/mol. The molecule has 0 saturated carbocycles. The third kappa shape index (κ3) is 3.29. The van der Waals surface area contributed by atoms with Crippen LogP contribution in [0, 0.1) is 5.92 Å². The number of carbonyl (C=O) groups is 1. The maximum Gasteiger partial charge on any atom is 0.254 e. The summed E-state index contributed by atoms with van der Waals surface area (Å²) in [6, 6.07) is 7.22. The normalized spacial score (nSPS) is 20.0. The van der Waals surface area contributed by atoms with Gasteiger partial charge in [-0.3, -0.25) is 9.78 Å². The van der Waals surface area contributed by atoms with Crippen molar-refractivity contribution in [3.63, 3.8) is 0 Å². The molecule has 1 aromatic heterocycles. The van der Waals surface area contributed by atoms with Gasteiger partial charge in [-0.1, -0.05) is 25.1 Å². The van der Waals surface area contributed by atoms with Gasteiger partial charge in [-0.25, -0.2) is 9.37 Å². The minimum absolute atomic E-state index is 0.00946. The quantitative estimate of drug-likeness (QED) is 0.854. The smallest absolute Gasteiger partial charge is 0.254 e. The molecule has 2 aliphatic rings. The van der Waals surface area contributed by atoms with Crippen molar-refractivity contribution in [2.75, 3.05) is 18.8 Å². The number of amides is 1. The number of rotatable bonds is 3. The van der Waals surface area contributed by atoms with Crippen LogP contribution in [0.3, 0.4) is 0 Å². The molecule has 1 unspecified atom stereocenters. The second kappa shape index (κ2) is 7.16. The molecule has 144 valence electrons. The van der Waals surface area contributed by atoms with Crippen molar-refractivity contribution in [1.82, 2.24) is 14.9 Å². The zero-order valence-electron chi connectivity index (χ0n) is 15.5. The van der Waals surface area contributed by atoms with Gasteiger partial charge in [-0.2, -0.15) is 0 Å². The van der Waals surface area contributed by atoms with Gasteiger partial charge in [0.05, 0.1) is 24.2 Å². The van der Waals surface area contributed by atoms with Gasteiger partial charge >= 0.3 is 0 Å². The summed E-state index contributed by atoms with van der Waals surface area (Å²) in [4.78, 5) is 22.6. The highest BCUT2D eigenvalue weighted by atomic mass is 19.1. The first-order chi connectivity index (χ1) is 13.4. The van der Waals surface area contributed by atoms with Crippen molar-refractivity contribution < 1.29 is 14.3 Å². The number of nitrogens with two attached hydrogens (primary N) is 1. The number of allylic oxidation sites excluding steroid dienone is 4. The lowest BCUT2D eigenvalue weighted by Crippen LogP contribution is -2.53. The number of nitrogen functional groups attached to an aromatic ring is 1.